The number of thiazole rings is 1. The second-order valence-electron chi connectivity index (χ2n) is 10.3. The van der Waals surface area contributed by atoms with Crippen LogP contribution in [-0.2, 0) is 11.3 Å². The van der Waals surface area contributed by atoms with E-state index >= 15 is 0 Å². The highest BCUT2D eigenvalue weighted by atomic mass is 32.1. The predicted molar refractivity (Wildman–Crippen MR) is 160 cm³/mol. The quantitative estimate of drug-likeness (QED) is 0.229. The van der Waals surface area contributed by atoms with Crippen molar-refractivity contribution in [3.63, 3.8) is 0 Å². The number of carbonyl (C=O) groups is 1. The largest absolute Gasteiger partial charge is 0.445 e. The number of ether oxygens (including phenoxy) is 1. The van der Waals surface area contributed by atoms with Crippen molar-refractivity contribution in [3.8, 4) is 0 Å². The number of benzene rings is 2. The zero-order valence-corrected chi connectivity index (χ0v) is 23.4. The summed E-state index contributed by atoms with van der Waals surface area (Å²) < 4.78 is 21.5. The van der Waals surface area contributed by atoms with E-state index in [0.29, 0.717) is 12.2 Å². The summed E-state index contributed by atoms with van der Waals surface area (Å²) in [6.07, 6.45) is 8.77. The minimum Gasteiger partial charge on any atom is -0.445 e. The van der Waals surface area contributed by atoms with Crippen molar-refractivity contribution in [3.05, 3.63) is 88.6 Å². The molecule has 202 valence electrons. The first-order valence-corrected chi connectivity index (χ1v) is 15.2. The lowest BCUT2D eigenvalue weighted by atomic mass is 9.76. The lowest BCUT2D eigenvalue weighted by molar-refractivity contribution is 0.0627. The van der Waals surface area contributed by atoms with Gasteiger partial charge >= 0.3 is 6.09 Å². The molecule has 0 saturated heterocycles. The molecule has 0 bridgehead atoms. The fourth-order valence-corrected chi connectivity index (χ4v) is 7.89. The van der Waals surface area contributed by atoms with E-state index in [1.165, 1.54) is 29.4 Å². The number of anilines is 2. The van der Waals surface area contributed by atoms with Gasteiger partial charge in [0, 0.05) is 23.0 Å². The first-order valence-electron chi connectivity index (χ1n) is 13.5. The van der Waals surface area contributed by atoms with Gasteiger partial charge in [0.1, 0.15) is 17.3 Å². The van der Waals surface area contributed by atoms with Gasteiger partial charge in [-0.05, 0) is 48.2 Å². The third-order valence-corrected chi connectivity index (χ3v) is 9.86. The van der Waals surface area contributed by atoms with Gasteiger partial charge in [0.25, 0.3) is 0 Å². The Balaban J connectivity index is 1.19. The monoisotopic (exact) mass is 570 g/mol. The van der Waals surface area contributed by atoms with Gasteiger partial charge in [-0.25, -0.2) is 19.2 Å². The number of nitrogens with zero attached hydrogens (tertiary/aromatic N) is 3. The maximum absolute atomic E-state index is 14.9. The van der Waals surface area contributed by atoms with Crippen LogP contribution in [-0.4, -0.2) is 33.0 Å². The molecule has 6 nitrogen and oxygen atoms in total. The van der Waals surface area contributed by atoms with Gasteiger partial charge in [0.05, 0.1) is 32.6 Å². The maximum atomic E-state index is 14.9. The lowest BCUT2D eigenvalue weighted by Gasteiger charge is -2.43. The SMILES string of the molecule is O=C(OCc1ccccc1)N1CC=C(c2cc3c(Nc4cc5ncsc5cc4F)ccnc3s2)C12CCCCC2. The molecule has 40 heavy (non-hydrogen) atoms. The van der Waals surface area contributed by atoms with E-state index in [0.717, 1.165) is 62.2 Å². The zero-order valence-electron chi connectivity index (χ0n) is 21.7. The second kappa shape index (κ2) is 10.3. The van der Waals surface area contributed by atoms with Crippen molar-refractivity contribution in [2.75, 3.05) is 11.9 Å². The number of thiophene rings is 1. The Morgan fingerprint density at radius 1 is 1.05 bits per heavy atom. The molecule has 2 aliphatic rings. The maximum Gasteiger partial charge on any atom is 0.411 e. The molecule has 1 N–H and O–H groups in total. The number of hydrogen-bond donors (Lipinski definition) is 1. The van der Waals surface area contributed by atoms with Crippen LogP contribution >= 0.6 is 22.7 Å². The molecule has 9 heteroatoms. The number of amides is 1. The summed E-state index contributed by atoms with van der Waals surface area (Å²) in [4.78, 5) is 26.3. The van der Waals surface area contributed by atoms with Crippen molar-refractivity contribution in [1.82, 2.24) is 14.9 Å². The highest BCUT2D eigenvalue weighted by Crippen LogP contribution is 2.50. The topological polar surface area (TPSA) is 67.3 Å². The number of rotatable bonds is 5. The average molecular weight is 571 g/mol. The van der Waals surface area contributed by atoms with Crippen LogP contribution in [0.15, 0.2) is 72.4 Å². The van der Waals surface area contributed by atoms with Gasteiger partial charge in [-0.15, -0.1) is 22.7 Å². The number of aromatic nitrogens is 2. The van der Waals surface area contributed by atoms with Crippen molar-refractivity contribution in [1.29, 1.82) is 0 Å². The summed E-state index contributed by atoms with van der Waals surface area (Å²) in [5.74, 6) is -0.318. The Hall–Kier alpha value is -3.82. The van der Waals surface area contributed by atoms with Crippen LogP contribution in [0.2, 0.25) is 0 Å². The Morgan fingerprint density at radius 2 is 1.90 bits per heavy atom. The van der Waals surface area contributed by atoms with Crippen LogP contribution < -0.4 is 5.32 Å². The van der Waals surface area contributed by atoms with Gasteiger partial charge in [0.2, 0.25) is 0 Å². The van der Waals surface area contributed by atoms with Crippen LogP contribution in [0.25, 0.3) is 26.0 Å². The van der Waals surface area contributed by atoms with Gasteiger partial charge in [-0.3, -0.25) is 4.90 Å². The number of halogens is 1. The standard InChI is InChI=1S/C31H27FN4O2S2/c32-23-16-28-26(34-19-39-28)17-25(23)35-24-9-13-33-29-21(24)15-27(40-29)22-10-14-36(31(22)11-5-2-6-12-31)30(37)38-18-20-7-3-1-4-8-20/h1,3-4,7-10,13,15-17,19H,2,5-6,11-12,14,18H2,(H,33,35). The highest BCUT2D eigenvalue weighted by molar-refractivity contribution is 7.19. The smallest absolute Gasteiger partial charge is 0.411 e. The van der Waals surface area contributed by atoms with Crippen molar-refractivity contribution < 1.29 is 13.9 Å². The fraction of sp³-hybridized carbons (Fsp3) is 0.258. The number of nitrogens with one attached hydrogen (secondary N) is 1. The molecular formula is C31H27FN4O2S2. The summed E-state index contributed by atoms with van der Waals surface area (Å²) in [5, 5.41) is 4.21. The lowest BCUT2D eigenvalue weighted by Crippen LogP contribution is -2.50. The molecule has 0 unspecified atom stereocenters. The molecule has 2 aromatic carbocycles. The van der Waals surface area contributed by atoms with E-state index in [4.69, 9.17) is 4.74 Å². The molecule has 0 radical (unpaired) electrons. The first kappa shape index (κ1) is 25.2. The van der Waals surface area contributed by atoms with E-state index in [9.17, 15) is 9.18 Å². The Morgan fingerprint density at radius 3 is 2.75 bits per heavy atom. The Bertz CT molecular complexity index is 1740. The predicted octanol–water partition coefficient (Wildman–Crippen LogP) is 8.53. The van der Waals surface area contributed by atoms with E-state index in [1.54, 1.807) is 29.1 Å². The molecule has 1 spiro atoms. The summed E-state index contributed by atoms with van der Waals surface area (Å²) >= 11 is 3.04. The van der Waals surface area contributed by atoms with E-state index in [2.05, 4.69) is 27.4 Å². The second-order valence-corrected chi connectivity index (χ2v) is 12.2. The average Bonchev–Trinajstić information content (AvgIpc) is 3.70. The molecule has 7 rings (SSSR count). The molecule has 0 atom stereocenters. The summed E-state index contributed by atoms with van der Waals surface area (Å²) in [6, 6.07) is 17.1. The summed E-state index contributed by atoms with van der Waals surface area (Å²) in [6.45, 7) is 0.779. The third-order valence-electron chi connectivity index (χ3n) is 7.99. The van der Waals surface area contributed by atoms with Gasteiger partial charge in [-0.2, -0.15) is 0 Å². The van der Waals surface area contributed by atoms with Gasteiger partial charge in [-0.1, -0.05) is 55.7 Å². The Labute approximate surface area is 239 Å². The number of carbonyl (C=O) groups excluding carboxylic acids is 1. The highest BCUT2D eigenvalue weighted by Gasteiger charge is 2.48. The van der Waals surface area contributed by atoms with Crippen LogP contribution in [0.5, 0.6) is 0 Å². The summed E-state index contributed by atoms with van der Waals surface area (Å²) in [7, 11) is 0. The molecule has 1 fully saturated rings. The molecule has 1 amide bonds. The molecular weight excluding hydrogens is 543 g/mol. The number of fused-ring (bicyclic) bond motifs is 2. The molecule has 1 saturated carbocycles. The Kier molecular flexibility index (Phi) is 6.48. The van der Waals surface area contributed by atoms with Gasteiger partial charge in [0.15, 0.2) is 0 Å². The fourth-order valence-electron chi connectivity index (χ4n) is 6.05. The van der Waals surface area contributed by atoms with Crippen LogP contribution in [0, 0.1) is 5.82 Å². The normalized spacial score (nSPS) is 16.5. The van der Waals surface area contributed by atoms with Crippen molar-refractivity contribution in [2.45, 2.75) is 44.2 Å². The third kappa shape index (κ3) is 4.43. The molecule has 5 aromatic rings. The van der Waals surface area contributed by atoms with E-state index in [-0.39, 0.29) is 24.1 Å². The van der Waals surface area contributed by atoms with Crippen LogP contribution in [0.1, 0.15) is 42.5 Å². The number of hydrogen-bond acceptors (Lipinski definition) is 7. The van der Waals surface area contributed by atoms with Gasteiger partial charge < -0.3 is 10.1 Å². The van der Waals surface area contributed by atoms with Crippen molar-refractivity contribution in [2.24, 2.45) is 0 Å². The molecule has 4 heterocycles. The van der Waals surface area contributed by atoms with E-state index < -0.39 is 0 Å². The van der Waals surface area contributed by atoms with E-state index in [1.807, 2.05) is 41.3 Å². The first-order chi connectivity index (χ1) is 19.6. The summed E-state index contributed by atoms with van der Waals surface area (Å²) in [5.41, 5.74) is 5.42. The molecule has 1 aliphatic heterocycles. The molecule has 3 aromatic heterocycles. The van der Waals surface area contributed by atoms with Crippen molar-refractivity contribution >= 4 is 66.1 Å². The molecule has 1 aliphatic carbocycles. The minimum absolute atomic E-state index is 0.257. The zero-order chi connectivity index (χ0) is 27.1. The van der Waals surface area contributed by atoms with Crippen LogP contribution in [0.3, 0.4) is 0 Å². The minimum atomic E-state index is -0.387. The van der Waals surface area contributed by atoms with Crippen LogP contribution in [0.4, 0.5) is 20.6 Å². The number of pyridine rings is 1.